The molecule has 0 aromatic carbocycles. The van der Waals surface area contributed by atoms with Gasteiger partial charge in [-0.25, -0.2) is 0 Å². The molecule has 0 aliphatic heterocycles. The Labute approximate surface area is 105 Å². The number of carbonyl (C=O) groups is 1. The fourth-order valence-electron chi connectivity index (χ4n) is 3.00. The van der Waals surface area contributed by atoms with Gasteiger partial charge in [0.1, 0.15) is 5.78 Å². The Morgan fingerprint density at radius 1 is 1.47 bits per heavy atom. The van der Waals surface area contributed by atoms with E-state index in [1.807, 2.05) is 0 Å². The van der Waals surface area contributed by atoms with Crippen LogP contribution in [-0.2, 0) is 4.79 Å². The summed E-state index contributed by atoms with van der Waals surface area (Å²) in [4.78, 5) is 11.6. The monoisotopic (exact) mass is 238 g/mol. The molecule has 0 unspecified atom stereocenters. The predicted octanol–water partition coefficient (Wildman–Crippen LogP) is 3.49. The average Bonchev–Trinajstić information content (AvgIpc) is 2.14. The van der Waals surface area contributed by atoms with Crippen molar-refractivity contribution in [3.05, 3.63) is 11.1 Å². The lowest BCUT2D eigenvalue weighted by Crippen LogP contribution is -2.29. The third-order valence-corrected chi connectivity index (χ3v) is 4.21. The molecule has 0 saturated heterocycles. The van der Waals surface area contributed by atoms with Gasteiger partial charge in [-0.05, 0) is 51.9 Å². The van der Waals surface area contributed by atoms with Gasteiger partial charge in [0.25, 0.3) is 0 Å². The van der Waals surface area contributed by atoms with Gasteiger partial charge in [-0.2, -0.15) is 0 Å². The van der Waals surface area contributed by atoms with Gasteiger partial charge in [0.2, 0.25) is 0 Å². The third-order valence-electron chi connectivity index (χ3n) is 4.21. The van der Waals surface area contributed by atoms with E-state index in [4.69, 9.17) is 0 Å². The minimum Gasteiger partial charge on any atom is -0.393 e. The summed E-state index contributed by atoms with van der Waals surface area (Å²) in [6.45, 7) is 9.99. The van der Waals surface area contributed by atoms with E-state index < -0.39 is 6.10 Å². The minimum absolute atomic E-state index is 0.0988. The van der Waals surface area contributed by atoms with Gasteiger partial charge in [0.15, 0.2) is 0 Å². The van der Waals surface area contributed by atoms with E-state index in [0.29, 0.717) is 0 Å². The Hall–Kier alpha value is -0.630. The van der Waals surface area contributed by atoms with Crippen LogP contribution in [-0.4, -0.2) is 17.0 Å². The summed E-state index contributed by atoms with van der Waals surface area (Å²) in [6.07, 6.45) is 3.74. The van der Waals surface area contributed by atoms with Crippen molar-refractivity contribution in [2.75, 3.05) is 0 Å². The van der Waals surface area contributed by atoms with Crippen molar-refractivity contribution >= 4 is 5.78 Å². The van der Waals surface area contributed by atoms with E-state index in [2.05, 4.69) is 20.8 Å². The minimum atomic E-state index is -0.550. The van der Waals surface area contributed by atoms with E-state index in [0.717, 1.165) is 12.8 Å². The van der Waals surface area contributed by atoms with E-state index in [1.165, 1.54) is 24.0 Å². The lowest BCUT2D eigenvalue weighted by atomic mass is 9.69. The van der Waals surface area contributed by atoms with Crippen molar-refractivity contribution in [3.8, 4) is 0 Å². The number of ketones is 1. The second-order valence-electron chi connectivity index (χ2n) is 6.16. The van der Waals surface area contributed by atoms with Gasteiger partial charge >= 0.3 is 0 Å². The third kappa shape index (κ3) is 3.41. The maximum absolute atomic E-state index is 11.6. The molecule has 0 bridgehead atoms. The number of carbonyl (C=O) groups excluding carboxylic acids is 1. The number of Topliss-reactive ketones (excluding diaryl/α,β-unsaturated/α-hetero) is 1. The summed E-state index contributed by atoms with van der Waals surface area (Å²) in [5, 5.41) is 9.73. The van der Waals surface area contributed by atoms with Crippen molar-refractivity contribution in [2.45, 2.75) is 66.4 Å². The van der Waals surface area contributed by atoms with E-state index >= 15 is 0 Å². The van der Waals surface area contributed by atoms with Gasteiger partial charge in [0, 0.05) is 5.92 Å². The molecule has 1 N–H and O–H groups in total. The predicted molar refractivity (Wildman–Crippen MR) is 70.8 cm³/mol. The van der Waals surface area contributed by atoms with Gasteiger partial charge in [-0.15, -0.1) is 0 Å². The Morgan fingerprint density at radius 3 is 2.47 bits per heavy atom. The fraction of sp³-hybridized carbons (Fsp3) is 0.800. The highest BCUT2D eigenvalue weighted by Crippen LogP contribution is 2.43. The van der Waals surface area contributed by atoms with Crippen LogP contribution >= 0.6 is 0 Å². The Bertz CT molecular complexity index is 324. The summed E-state index contributed by atoms with van der Waals surface area (Å²) in [6, 6.07) is 0. The molecule has 1 aliphatic carbocycles. The molecule has 2 heteroatoms. The van der Waals surface area contributed by atoms with Crippen LogP contribution in [0.3, 0.4) is 0 Å². The summed E-state index contributed by atoms with van der Waals surface area (Å²) in [5.41, 5.74) is 3.00. The second kappa shape index (κ2) is 5.34. The van der Waals surface area contributed by atoms with Crippen LogP contribution in [0.25, 0.3) is 0 Å². The van der Waals surface area contributed by atoms with Crippen LogP contribution in [0.15, 0.2) is 11.1 Å². The maximum Gasteiger partial charge on any atom is 0.135 e. The first-order valence-electron chi connectivity index (χ1n) is 6.63. The van der Waals surface area contributed by atoms with Crippen molar-refractivity contribution in [2.24, 2.45) is 11.3 Å². The number of aliphatic hydroxyl groups excluding tert-OH is 1. The molecule has 0 aromatic rings. The maximum atomic E-state index is 11.6. The summed E-state index contributed by atoms with van der Waals surface area (Å²) >= 11 is 0. The van der Waals surface area contributed by atoms with E-state index in [1.54, 1.807) is 13.8 Å². The van der Waals surface area contributed by atoms with Crippen molar-refractivity contribution in [1.29, 1.82) is 0 Å². The first kappa shape index (κ1) is 14.4. The smallest absolute Gasteiger partial charge is 0.135 e. The molecule has 0 radical (unpaired) electrons. The Balaban J connectivity index is 2.94. The number of hydrogen-bond donors (Lipinski definition) is 1. The SMILES string of the molecule is CC(=O)[C@H](CC1=C(C)CCCC1(C)C)[C@H](C)O. The lowest BCUT2D eigenvalue weighted by molar-refractivity contribution is -0.123. The summed E-state index contributed by atoms with van der Waals surface area (Å²) in [5.74, 6) is -0.140. The molecule has 17 heavy (non-hydrogen) atoms. The number of allylic oxidation sites excluding steroid dienone is 2. The zero-order chi connectivity index (χ0) is 13.2. The van der Waals surface area contributed by atoms with Crippen molar-refractivity contribution < 1.29 is 9.90 Å². The van der Waals surface area contributed by atoms with Crippen LogP contribution in [0.1, 0.15) is 60.3 Å². The highest BCUT2D eigenvalue weighted by molar-refractivity contribution is 5.79. The zero-order valence-corrected chi connectivity index (χ0v) is 11.8. The number of aliphatic hydroxyl groups is 1. The first-order valence-corrected chi connectivity index (χ1v) is 6.63. The molecule has 0 heterocycles. The molecule has 0 spiro atoms. The molecule has 0 fully saturated rings. The van der Waals surface area contributed by atoms with Gasteiger partial charge in [-0.1, -0.05) is 25.0 Å². The Kier molecular flexibility index (Phi) is 4.54. The molecule has 0 aromatic heterocycles. The molecule has 0 amide bonds. The molecular weight excluding hydrogens is 212 g/mol. The second-order valence-corrected chi connectivity index (χ2v) is 6.16. The molecule has 2 atom stereocenters. The molecule has 1 aliphatic rings. The molecule has 1 rings (SSSR count). The quantitative estimate of drug-likeness (QED) is 0.761. The number of rotatable bonds is 4. The van der Waals surface area contributed by atoms with Crippen molar-refractivity contribution in [3.63, 3.8) is 0 Å². The normalized spacial score (nSPS) is 23.4. The standard InChI is InChI=1S/C15H26O2/c1-10-7-6-8-15(4,5)14(10)9-13(11(2)16)12(3)17/h11,13,16H,6-9H2,1-5H3/t11-,13+/m0/s1. The molecule has 0 saturated carbocycles. The van der Waals surface area contributed by atoms with Gasteiger partial charge < -0.3 is 5.11 Å². The zero-order valence-electron chi connectivity index (χ0n) is 11.8. The van der Waals surface area contributed by atoms with E-state index in [9.17, 15) is 9.90 Å². The number of hydrogen-bond acceptors (Lipinski definition) is 2. The summed E-state index contributed by atoms with van der Waals surface area (Å²) < 4.78 is 0. The Morgan fingerprint density at radius 2 is 2.06 bits per heavy atom. The van der Waals surface area contributed by atoms with Crippen LogP contribution in [0.4, 0.5) is 0 Å². The lowest BCUT2D eigenvalue weighted by Gasteiger charge is -2.36. The highest BCUT2D eigenvalue weighted by atomic mass is 16.3. The first-order chi connectivity index (χ1) is 7.75. The fourth-order valence-corrected chi connectivity index (χ4v) is 3.00. The van der Waals surface area contributed by atoms with Gasteiger partial charge in [0.05, 0.1) is 6.10 Å². The van der Waals surface area contributed by atoms with Crippen molar-refractivity contribution in [1.82, 2.24) is 0 Å². The molecular formula is C15H26O2. The van der Waals surface area contributed by atoms with Crippen LogP contribution < -0.4 is 0 Å². The molecule has 2 nitrogen and oxygen atoms in total. The summed E-state index contributed by atoms with van der Waals surface area (Å²) in [7, 11) is 0. The van der Waals surface area contributed by atoms with Crippen LogP contribution in [0.2, 0.25) is 0 Å². The van der Waals surface area contributed by atoms with E-state index in [-0.39, 0.29) is 17.1 Å². The van der Waals surface area contributed by atoms with Crippen LogP contribution in [0.5, 0.6) is 0 Å². The van der Waals surface area contributed by atoms with Crippen LogP contribution in [0, 0.1) is 11.3 Å². The largest absolute Gasteiger partial charge is 0.393 e. The average molecular weight is 238 g/mol. The van der Waals surface area contributed by atoms with Gasteiger partial charge in [-0.3, -0.25) is 4.79 Å². The highest BCUT2D eigenvalue weighted by Gasteiger charge is 2.32. The molecule has 98 valence electrons. The topological polar surface area (TPSA) is 37.3 Å².